The summed E-state index contributed by atoms with van der Waals surface area (Å²) in [5.74, 6) is 2.38. The van der Waals surface area contributed by atoms with Crippen LogP contribution < -0.4 is 0 Å². The van der Waals surface area contributed by atoms with Crippen molar-refractivity contribution in [1.82, 2.24) is 0 Å². The van der Waals surface area contributed by atoms with Crippen LogP contribution in [0.1, 0.15) is 82.7 Å². The predicted octanol–water partition coefficient (Wildman–Crippen LogP) is 6.68. The molecular formula is C18H31BrO. The molecule has 1 heterocycles. The molecule has 0 amide bonds. The standard InChI is InChI=1S/C18H31BrO/c1-2-3-4-9-12-17-14-15-18(20-17)13-10-7-5-6-8-11-16-19/h14-15H,2-13,16H2,1H3. The fraction of sp³-hybridized carbons (Fsp3) is 0.778. The lowest BCUT2D eigenvalue weighted by atomic mass is 10.1. The molecule has 2 heteroatoms. The quantitative estimate of drug-likeness (QED) is 0.287. The molecule has 0 unspecified atom stereocenters. The highest BCUT2D eigenvalue weighted by atomic mass is 79.9. The van der Waals surface area contributed by atoms with Crippen LogP contribution in [-0.2, 0) is 12.8 Å². The van der Waals surface area contributed by atoms with Crippen LogP contribution in [-0.4, -0.2) is 5.33 Å². The molecule has 116 valence electrons. The molecule has 0 bridgehead atoms. The summed E-state index contributed by atoms with van der Waals surface area (Å²) in [6.45, 7) is 2.25. The van der Waals surface area contributed by atoms with Gasteiger partial charge in [0.05, 0.1) is 0 Å². The number of rotatable bonds is 13. The van der Waals surface area contributed by atoms with E-state index in [0.717, 1.165) is 18.2 Å². The lowest BCUT2D eigenvalue weighted by molar-refractivity contribution is 0.446. The number of alkyl halides is 1. The summed E-state index contributed by atoms with van der Waals surface area (Å²) in [6.07, 6.45) is 15.6. The van der Waals surface area contributed by atoms with Gasteiger partial charge >= 0.3 is 0 Å². The average Bonchev–Trinajstić information content (AvgIpc) is 2.90. The van der Waals surface area contributed by atoms with Crippen LogP contribution in [0.25, 0.3) is 0 Å². The monoisotopic (exact) mass is 342 g/mol. The Hall–Kier alpha value is -0.240. The van der Waals surface area contributed by atoms with Crippen molar-refractivity contribution in [3.8, 4) is 0 Å². The molecule has 0 aliphatic carbocycles. The second-order valence-corrected chi connectivity index (χ2v) is 6.53. The Kier molecular flexibility index (Phi) is 11.1. The lowest BCUT2D eigenvalue weighted by Gasteiger charge is -2.00. The maximum atomic E-state index is 5.90. The second kappa shape index (κ2) is 12.5. The Morgan fingerprint density at radius 1 is 0.750 bits per heavy atom. The summed E-state index contributed by atoms with van der Waals surface area (Å²) < 4.78 is 5.90. The Morgan fingerprint density at radius 3 is 1.80 bits per heavy atom. The molecule has 0 saturated carbocycles. The van der Waals surface area contributed by atoms with Crippen molar-refractivity contribution < 1.29 is 4.42 Å². The Balaban J connectivity index is 2.02. The van der Waals surface area contributed by atoms with E-state index < -0.39 is 0 Å². The number of aryl methyl sites for hydroxylation is 2. The molecule has 0 N–H and O–H groups in total. The summed E-state index contributed by atoms with van der Waals surface area (Å²) in [7, 11) is 0. The first-order chi connectivity index (χ1) is 9.86. The molecule has 0 fully saturated rings. The third kappa shape index (κ3) is 8.84. The minimum Gasteiger partial charge on any atom is -0.466 e. The van der Waals surface area contributed by atoms with Crippen LogP contribution in [0.15, 0.2) is 16.5 Å². The van der Waals surface area contributed by atoms with Gasteiger partial charge in [-0.05, 0) is 31.4 Å². The smallest absolute Gasteiger partial charge is 0.104 e. The molecule has 0 aliphatic rings. The van der Waals surface area contributed by atoms with Gasteiger partial charge in [0.25, 0.3) is 0 Å². The van der Waals surface area contributed by atoms with Gasteiger partial charge in [-0.3, -0.25) is 0 Å². The van der Waals surface area contributed by atoms with Gasteiger partial charge in [0.2, 0.25) is 0 Å². The molecule has 0 aliphatic heterocycles. The van der Waals surface area contributed by atoms with Crippen LogP contribution in [0.3, 0.4) is 0 Å². The van der Waals surface area contributed by atoms with Crippen LogP contribution in [0, 0.1) is 0 Å². The zero-order chi connectivity index (χ0) is 14.5. The lowest BCUT2D eigenvalue weighted by Crippen LogP contribution is -1.85. The molecule has 0 aromatic carbocycles. The van der Waals surface area contributed by atoms with Gasteiger partial charge < -0.3 is 4.42 Å². The maximum absolute atomic E-state index is 5.90. The van der Waals surface area contributed by atoms with Gasteiger partial charge in [0.15, 0.2) is 0 Å². The highest BCUT2D eigenvalue weighted by molar-refractivity contribution is 9.09. The van der Waals surface area contributed by atoms with Crippen molar-refractivity contribution in [2.75, 3.05) is 5.33 Å². The van der Waals surface area contributed by atoms with E-state index >= 15 is 0 Å². The van der Waals surface area contributed by atoms with Crippen LogP contribution in [0.4, 0.5) is 0 Å². The first-order valence-corrected chi connectivity index (χ1v) is 9.62. The Labute approximate surface area is 133 Å². The van der Waals surface area contributed by atoms with Crippen molar-refractivity contribution in [1.29, 1.82) is 0 Å². The normalized spacial score (nSPS) is 11.1. The van der Waals surface area contributed by atoms with E-state index in [-0.39, 0.29) is 0 Å². The van der Waals surface area contributed by atoms with Crippen molar-refractivity contribution in [3.63, 3.8) is 0 Å². The molecule has 20 heavy (non-hydrogen) atoms. The summed E-state index contributed by atoms with van der Waals surface area (Å²) in [5, 5.41) is 1.15. The van der Waals surface area contributed by atoms with E-state index in [1.807, 2.05) is 0 Å². The number of hydrogen-bond acceptors (Lipinski definition) is 1. The van der Waals surface area contributed by atoms with E-state index in [9.17, 15) is 0 Å². The summed E-state index contributed by atoms with van der Waals surface area (Å²) in [5.41, 5.74) is 0. The van der Waals surface area contributed by atoms with E-state index in [1.54, 1.807) is 0 Å². The van der Waals surface area contributed by atoms with Crippen molar-refractivity contribution in [2.45, 2.75) is 84.0 Å². The SMILES string of the molecule is CCCCCCc1ccc(CCCCCCCCBr)o1. The van der Waals surface area contributed by atoms with Gasteiger partial charge in [0, 0.05) is 18.2 Å². The summed E-state index contributed by atoms with van der Waals surface area (Å²) in [6, 6.07) is 4.36. The number of furan rings is 1. The molecule has 1 aromatic rings. The first-order valence-electron chi connectivity index (χ1n) is 8.50. The molecule has 0 saturated heterocycles. The number of halogens is 1. The fourth-order valence-corrected chi connectivity index (χ4v) is 2.91. The Bertz CT molecular complexity index is 319. The first kappa shape index (κ1) is 17.8. The average molecular weight is 343 g/mol. The van der Waals surface area contributed by atoms with Crippen molar-refractivity contribution in [3.05, 3.63) is 23.7 Å². The van der Waals surface area contributed by atoms with Crippen LogP contribution in [0.5, 0.6) is 0 Å². The highest BCUT2D eigenvalue weighted by Crippen LogP contribution is 2.15. The van der Waals surface area contributed by atoms with Gasteiger partial charge in [-0.1, -0.05) is 67.8 Å². The maximum Gasteiger partial charge on any atom is 0.104 e. The zero-order valence-corrected chi connectivity index (χ0v) is 14.7. The highest BCUT2D eigenvalue weighted by Gasteiger charge is 2.02. The number of unbranched alkanes of at least 4 members (excludes halogenated alkanes) is 8. The fourth-order valence-electron chi connectivity index (χ4n) is 2.52. The summed E-state index contributed by atoms with van der Waals surface area (Å²) in [4.78, 5) is 0. The van der Waals surface area contributed by atoms with Gasteiger partial charge in [-0.15, -0.1) is 0 Å². The molecule has 1 nitrogen and oxygen atoms in total. The second-order valence-electron chi connectivity index (χ2n) is 5.74. The molecule has 1 rings (SSSR count). The minimum atomic E-state index is 1.12. The molecule has 0 spiro atoms. The van der Waals surface area contributed by atoms with Crippen molar-refractivity contribution >= 4 is 15.9 Å². The van der Waals surface area contributed by atoms with E-state index in [1.165, 1.54) is 75.7 Å². The summed E-state index contributed by atoms with van der Waals surface area (Å²) >= 11 is 3.48. The van der Waals surface area contributed by atoms with Gasteiger partial charge in [-0.2, -0.15) is 0 Å². The topological polar surface area (TPSA) is 13.1 Å². The minimum absolute atomic E-state index is 1.12. The van der Waals surface area contributed by atoms with Gasteiger partial charge in [0.1, 0.15) is 11.5 Å². The molecule has 0 radical (unpaired) electrons. The zero-order valence-electron chi connectivity index (χ0n) is 13.1. The molecule has 0 atom stereocenters. The molecule has 1 aromatic heterocycles. The van der Waals surface area contributed by atoms with Crippen LogP contribution in [0.2, 0.25) is 0 Å². The number of hydrogen-bond donors (Lipinski definition) is 0. The molecular weight excluding hydrogens is 312 g/mol. The Morgan fingerprint density at radius 2 is 1.25 bits per heavy atom. The van der Waals surface area contributed by atoms with Crippen LogP contribution >= 0.6 is 15.9 Å². The predicted molar refractivity (Wildman–Crippen MR) is 91.8 cm³/mol. The largest absolute Gasteiger partial charge is 0.466 e. The van der Waals surface area contributed by atoms with E-state index in [2.05, 4.69) is 35.0 Å². The van der Waals surface area contributed by atoms with E-state index in [4.69, 9.17) is 4.42 Å². The third-order valence-electron chi connectivity index (χ3n) is 3.80. The van der Waals surface area contributed by atoms with Crippen molar-refractivity contribution in [2.24, 2.45) is 0 Å². The van der Waals surface area contributed by atoms with Gasteiger partial charge in [-0.25, -0.2) is 0 Å². The van der Waals surface area contributed by atoms with E-state index in [0.29, 0.717) is 0 Å². The third-order valence-corrected chi connectivity index (χ3v) is 4.36.